The maximum Gasteiger partial charge on any atom is 0.417 e. The molecule has 2 saturated heterocycles. The second-order valence-corrected chi connectivity index (χ2v) is 8.37. The minimum atomic E-state index is -4.43. The van der Waals surface area contributed by atoms with Crippen molar-refractivity contribution in [2.75, 3.05) is 49.1 Å². The molecule has 0 aliphatic carbocycles. The number of carbonyl (C=O) groups is 2. The van der Waals surface area contributed by atoms with Crippen molar-refractivity contribution in [2.24, 2.45) is 5.92 Å². The molecule has 0 spiro atoms. The summed E-state index contributed by atoms with van der Waals surface area (Å²) in [5, 5.41) is 0. The standard InChI is InChI=1S/C24H27F3N4O3/c1-2-34-20-7-4-3-6-19(20)31-16-17(14-22(31)32)23(33)30-11-5-10-29(12-13-30)21-9-8-18(15-28-21)24(25,26)27/h3-4,6-9,15,17H,2,5,10-14,16H2,1H3. The number of amides is 2. The molecule has 1 unspecified atom stereocenters. The van der Waals surface area contributed by atoms with Crippen LogP contribution in [0.5, 0.6) is 5.75 Å². The van der Waals surface area contributed by atoms with Gasteiger partial charge in [-0.05, 0) is 37.6 Å². The lowest BCUT2D eigenvalue weighted by Gasteiger charge is -2.25. The number of para-hydroxylation sites is 2. The van der Waals surface area contributed by atoms with Gasteiger partial charge >= 0.3 is 6.18 Å². The first-order chi connectivity index (χ1) is 16.3. The summed E-state index contributed by atoms with van der Waals surface area (Å²) in [4.78, 5) is 35.2. The van der Waals surface area contributed by atoms with Gasteiger partial charge in [0.2, 0.25) is 11.8 Å². The molecule has 0 radical (unpaired) electrons. The average Bonchev–Trinajstić information content (AvgIpc) is 3.03. The van der Waals surface area contributed by atoms with E-state index in [0.29, 0.717) is 63.0 Å². The maximum absolute atomic E-state index is 13.2. The van der Waals surface area contributed by atoms with Crippen molar-refractivity contribution in [3.8, 4) is 5.75 Å². The molecular weight excluding hydrogens is 449 g/mol. The molecule has 0 saturated carbocycles. The van der Waals surface area contributed by atoms with Gasteiger partial charge in [-0.3, -0.25) is 9.59 Å². The molecule has 1 aromatic heterocycles. The highest BCUT2D eigenvalue weighted by Gasteiger charge is 2.38. The summed E-state index contributed by atoms with van der Waals surface area (Å²) < 4.78 is 44.1. The van der Waals surface area contributed by atoms with Crippen molar-refractivity contribution in [1.82, 2.24) is 9.88 Å². The number of pyridine rings is 1. The Labute approximate surface area is 196 Å². The Bertz CT molecular complexity index is 1030. The third kappa shape index (κ3) is 5.10. The molecule has 182 valence electrons. The van der Waals surface area contributed by atoms with E-state index in [9.17, 15) is 22.8 Å². The van der Waals surface area contributed by atoms with Gasteiger partial charge in [0.25, 0.3) is 0 Å². The average molecular weight is 476 g/mol. The van der Waals surface area contributed by atoms with Gasteiger partial charge in [0, 0.05) is 45.3 Å². The minimum absolute atomic E-state index is 0.0769. The lowest BCUT2D eigenvalue weighted by atomic mass is 10.1. The highest BCUT2D eigenvalue weighted by atomic mass is 19.4. The van der Waals surface area contributed by atoms with Crippen LogP contribution in [0.15, 0.2) is 42.6 Å². The smallest absolute Gasteiger partial charge is 0.417 e. The van der Waals surface area contributed by atoms with Gasteiger partial charge in [-0.25, -0.2) is 4.98 Å². The molecule has 2 aliphatic rings. The van der Waals surface area contributed by atoms with Gasteiger partial charge in [-0.1, -0.05) is 12.1 Å². The molecular formula is C24H27F3N4O3. The van der Waals surface area contributed by atoms with Crippen LogP contribution in [0.3, 0.4) is 0 Å². The summed E-state index contributed by atoms with van der Waals surface area (Å²) in [6, 6.07) is 9.68. The number of carbonyl (C=O) groups excluding carboxylic acids is 2. The minimum Gasteiger partial charge on any atom is -0.492 e. The fraction of sp³-hybridized carbons (Fsp3) is 0.458. The Morgan fingerprint density at radius 3 is 2.62 bits per heavy atom. The number of aromatic nitrogens is 1. The zero-order chi connectivity index (χ0) is 24.3. The molecule has 2 aliphatic heterocycles. The number of rotatable bonds is 5. The molecule has 10 heteroatoms. The van der Waals surface area contributed by atoms with Crippen LogP contribution in [0.2, 0.25) is 0 Å². The molecule has 0 N–H and O–H groups in total. The van der Waals surface area contributed by atoms with E-state index in [4.69, 9.17) is 4.74 Å². The normalized spacial score (nSPS) is 19.4. The first kappa shape index (κ1) is 23.8. The van der Waals surface area contributed by atoms with E-state index < -0.39 is 17.7 Å². The Morgan fingerprint density at radius 2 is 1.91 bits per heavy atom. The number of ether oxygens (including phenoxy) is 1. The largest absolute Gasteiger partial charge is 0.492 e. The van der Waals surface area contributed by atoms with E-state index in [1.54, 1.807) is 15.9 Å². The SMILES string of the molecule is CCOc1ccccc1N1CC(C(=O)N2CCCN(c3ccc(C(F)(F)F)cn3)CC2)CC1=O. The number of anilines is 2. The Balaban J connectivity index is 1.39. The molecule has 4 rings (SSSR count). The van der Waals surface area contributed by atoms with Crippen LogP contribution in [0.4, 0.5) is 24.7 Å². The van der Waals surface area contributed by atoms with Gasteiger partial charge in [0.05, 0.1) is 23.8 Å². The van der Waals surface area contributed by atoms with Crippen LogP contribution < -0.4 is 14.5 Å². The molecule has 7 nitrogen and oxygen atoms in total. The second kappa shape index (κ2) is 9.90. The van der Waals surface area contributed by atoms with Gasteiger partial charge in [-0.2, -0.15) is 13.2 Å². The molecule has 2 fully saturated rings. The maximum atomic E-state index is 13.2. The summed E-state index contributed by atoms with van der Waals surface area (Å²) in [7, 11) is 0. The van der Waals surface area contributed by atoms with Crippen molar-refractivity contribution in [2.45, 2.75) is 25.9 Å². The summed E-state index contributed by atoms with van der Waals surface area (Å²) in [6.45, 7) is 4.62. The van der Waals surface area contributed by atoms with Crippen LogP contribution in [-0.2, 0) is 15.8 Å². The molecule has 1 atom stereocenters. The van der Waals surface area contributed by atoms with Gasteiger partial charge < -0.3 is 19.4 Å². The highest BCUT2D eigenvalue weighted by Crippen LogP contribution is 2.34. The fourth-order valence-corrected chi connectivity index (χ4v) is 4.43. The van der Waals surface area contributed by atoms with Crippen LogP contribution in [0, 0.1) is 5.92 Å². The Morgan fingerprint density at radius 1 is 1.12 bits per heavy atom. The van der Waals surface area contributed by atoms with Gasteiger partial charge in [0.15, 0.2) is 0 Å². The Hall–Kier alpha value is -3.30. The lowest BCUT2D eigenvalue weighted by molar-refractivity contribution is -0.138. The topological polar surface area (TPSA) is 66.0 Å². The van der Waals surface area contributed by atoms with Crippen LogP contribution in [-0.4, -0.2) is 61.0 Å². The first-order valence-electron chi connectivity index (χ1n) is 11.4. The van der Waals surface area contributed by atoms with Crippen molar-refractivity contribution in [3.63, 3.8) is 0 Å². The predicted molar refractivity (Wildman–Crippen MR) is 121 cm³/mol. The van der Waals surface area contributed by atoms with Crippen LogP contribution in [0.25, 0.3) is 0 Å². The number of halogens is 3. The number of hydrogen-bond donors (Lipinski definition) is 0. The summed E-state index contributed by atoms with van der Waals surface area (Å²) in [6.07, 6.45) is -2.79. The zero-order valence-electron chi connectivity index (χ0n) is 18.9. The van der Waals surface area contributed by atoms with E-state index in [0.717, 1.165) is 12.3 Å². The molecule has 2 amide bonds. The zero-order valence-corrected chi connectivity index (χ0v) is 18.9. The quantitative estimate of drug-likeness (QED) is 0.660. The van der Waals surface area contributed by atoms with E-state index >= 15 is 0 Å². The number of alkyl halides is 3. The van der Waals surface area contributed by atoms with Crippen molar-refractivity contribution in [1.29, 1.82) is 0 Å². The molecule has 1 aromatic carbocycles. The van der Waals surface area contributed by atoms with Gasteiger partial charge in [-0.15, -0.1) is 0 Å². The molecule has 3 heterocycles. The molecule has 0 bridgehead atoms. The molecule has 34 heavy (non-hydrogen) atoms. The predicted octanol–water partition coefficient (Wildman–Crippen LogP) is 3.59. The summed E-state index contributed by atoms with van der Waals surface area (Å²) in [5.74, 6) is 0.429. The summed E-state index contributed by atoms with van der Waals surface area (Å²) >= 11 is 0. The van der Waals surface area contributed by atoms with Crippen LogP contribution in [0.1, 0.15) is 25.3 Å². The summed E-state index contributed by atoms with van der Waals surface area (Å²) in [5.41, 5.74) is -0.121. The van der Waals surface area contributed by atoms with Crippen molar-refractivity contribution < 1.29 is 27.5 Å². The lowest BCUT2D eigenvalue weighted by Crippen LogP contribution is -2.40. The number of benzene rings is 1. The number of hydrogen-bond acceptors (Lipinski definition) is 5. The van der Waals surface area contributed by atoms with E-state index in [2.05, 4.69) is 4.98 Å². The first-order valence-corrected chi connectivity index (χ1v) is 11.4. The third-order valence-electron chi connectivity index (χ3n) is 6.14. The van der Waals surface area contributed by atoms with Crippen LogP contribution >= 0.6 is 0 Å². The third-order valence-corrected chi connectivity index (χ3v) is 6.14. The van der Waals surface area contributed by atoms with Crippen molar-refractivity contribution in [3.05, 3.63) is 48.2 Å². The van der Waals surface area contributed by atoms with E-state index in [-0.39, 0.29) is 18.2 Å². The van der Waals surface area contributed by atoms with Gasteiger partial charge in [0.1, 0.15) is 11.6 Å². The monoisotopic (exact) mass is 476 g/mol. The fourth-order valence-electron chi connectivity index (χ4n) is 4.43. The van der Waals surface area contributed by atoms with Crippen molar-refractivity contribution >= 4 is 23.3 Å². The van der Waals surface area contributed by atoms with E-state index in [1.807, 2.05) is 30.0 Å². The second-order valence-electron chi connectivity index (χ2n) is 8.37. The molecule has 2 aromatic rings. The van der Waals surface area contributed by atoms with E-state index in [1.165, 1.54) is 6.07 Å². The number of nitrogens with zero attached hydrogens (tertiary/aromatic N) is 4. The highest BCUT2D eigenvalue weighted by molar-refractivity contribution is 6.01. The Kier molecular flexibility index (Phi) is 6.95.